The highest BCUT2D eigenvalue weighted by Crippen LogP contribution is 2.21. The van der Waals surface area contributed by atoms with Gasteiger partial charge in [0.25, 0.3) is 10.0 Å². The van der Waals surface area contributed by atoms with Gasteiger partial charge in [-0.25, -0.2) is 13.2 Å². The third kappa shape index (κ3) is 3.08. The molecule has 0 bridgehead atoms. The fraction of sp³-hybridized carbons (Fsp3) is 0.214. The predicted octanol–water partition coefficient (Wildman–Crippen LogP) is 1.92. The highest BCUT2D eigenvalue weighted by Gasteiger charge is 2.21. The van der Waals surface area contributed by atoms with Crippen molar-refractivity contribution in [1.82, 2.24) is 4.57 Å². The zero-order valence-corrected chi connectivity index (χ0v) is 12.8. The number of ether oxygens (including phenoxy) is 1. The van der Waals surface area contributed by atoms with Gasteiger partial charge >= 0.3 is 5.97 Å². The number of carbonyl (C=O) groups is 1. The van der Waals surface area contributed by atoms with Gasteiger partial charge in [0.1, 0.15) is 10.6 Å². The van der Waals surface area contributed by atoms with Crippen molar-refractivity contribution < 1.29 is 17.9 Å². The van der Waals surface area contributed by atoms with Crippen LogP contribution < -0.4 is 4.72 Å². The maximum atomic E-state index is 12.4. The molecule has 1 aromatic carbocycles. The van der Waals surface area contributed by atoms with E-state index in [9.17, 15) is 13.2 Å². The number of hydrogen-bond donors (Lipinski definition) is 1. The average molecular weight is 308 g/mol. The molecule has 0 fully saturated rings. The van der Waals surface area contributed by atoms with Crippen molar-refractivity contribution in [2.24, 2.45) is 7.05 Å². The molecule has 2 aromatic rings. The first-order valence-corrected chi connectivity index (χ1v) is 7.66. The van der Waals surface area contributed by atoms with Crippen molar-refractivity contribution in [2.75, 3.05) is 11.8 Å². The number of aryl methyl sites for hydroxylation is 2. The summed E-state index contributed by atoms with van der Waals surface area (Å²) >= 11 is 0. The molecule has 1 aromatic heterocycles. The summed E-state index contributed by atoms with van der Waals surface area (Å²) in [6.45, 7) is 1.81. The second kappa shape index (κ2) is 5.61. The number of para-hydroxylation sites is 1. The minimum Gasteiger partial charge on any atom is -0.464 e. The molecule has 0 aliphatic rings. The van der Waals surface area contributed by atoms with E-state index >= 15 is 0 Å². The smallest absolute Gasteiger partial charge is 0.354 e. The molecule has 0 saturated heterocycles. The van der Waals surface area contributed by atoms with E-state index in [4.69, 9.17) is 0 Å². The number of carbonyl (C=O) groups excluding carboxylic acids is 1. The van der Waals surface area contributed by atoms with Gasteiger partial charge in [-0.3, -0.25) is 4.72 Å². The largest absolute Gasteiger partial charge is 0.464 e. The molecule has 0 atom stereocenters. The molecule has 0 spiro atoms. The zero-order valence-electron chi connectivity index (χ0n) is 12.0. The standard InChI is InChI=1S/C14H16N2O4S/c1-10-6-4-5-7-12(10)15-21(18,19)11-8-13(14(17)20-3)16(2)9-11/h4-9,15H,1-3H3. The molecule has 2 rings (SSSR count). The van der Waals surface area contributed by atoms with Gasteiger partial charge in [-0.1, -0.05) is 18.2 Å². The SMILES string of the molecule is COC(=O)c1cc(S(=O)(=O)Nc2ccccc2C)cn1C. The number of rotatable bonds is 4. The number of esters is 1. The van der Waals surface area contributed by atoms with E-state index in [-0.39, 0.29) is 10.6 Å². The summed E-state index contributed by atoms with van der Waals surface area (Å²) in [5.74, 6) is -0.588. The van der Waals surface area contributed by atoms with Crippen LogP contribution in [0.3, 0.4) is 0 Å². The molecular formula is C14H16N2O4S. The number of sulfonamides is 1. The van der Waals surface area contributed by atoms with E-state index in [1.165, 1.54) is 23.9 Å². The minimum absolute atomic E-state index is 0.00801. The molecule has 0 radical (unpaired) electrons. The van der Waals surface area contributed by atoms with Crippen LogP contribution in [0.2, 0.25) is 0 Å². The third-order valence-corrected chi connectivity index (χ3v) is 4.41. The van der Waals surface area contributed by atoms with Crippen LogP contribution >= 0.6 is 0 Å². The lowest BCUT2D eigenvalue weighted by atomic mass is 10.2. The van der Waals surface area contributed by atoms with Crippen LogP contribution in [-0.2, 0) is 21.8 Å². The molecule has 0 aliphatic heterocycles. The highest BCUT2D eigenvalue weighted by molar-refractivity contribution is 7.92. The Morgan fingerprint density at radius 1 is 1.29 bits per heavy atom. The molecule has 6 nitrogen and oxygen atoms in total. The van der Waals surface area contributed by atoms with Gasteiger partial charge in [-0.15, -0.1) is 0 Å². The number of nitrogens with zero attached hydrogens (tertiary/aromatic N) is 1. The molecule has 0 unspecified atom stereocenters. The molecule has 7 heteroatoms. The van der Waals surface area contributed by atoms with Crippen LogP contribution in [-0.4, -0.2) is 26.1 Å². The van der Waals surface area contributed by atoms with Crippen molar-refractivity contribution >= 4 is 21.7 Å². The molecular weight excluding hydrogens is 292 g/mol. The number of hydrogen-bond acceptors (Lipinski definition) is 4. The fourth-order valence-corrected chi connectivity index (χ4v) is 3.08. The Labute approximate surface area is 123 Å². The number of nitrogens with one attached hydrogen (secondary N) is 1. The van der Waals surface area contributed by atoms with Crippen molar-refractivity contribution in [3.05, 3.63) is 47.8 Å². The first-order valence-electron chi connectivity index (χ1n) is 6.18. The molecule has 0 aliphatic carbocycles. The third-order valence-electron chi connectivity index (χ3n) is 3.07. The number of anilines is 1. The number of benzene rings is 1. The van der Waals surface area contributed by atoms with Crippen LogP contribution in [0.5, 0.6) is 0 Å². The first-order chi connectivity index (χ1) is 9.85. The van der Waals surface area contributed by atoms with E-state index in [1.54, 1.807) is 19.2 Å². The van der Waals surface area contributed by atoms with Gasteiger partial charge < -0.3 is 9.30 Å². The fourth-order valence-electron chi connectivity index (χ4n) is 1.88. The molecule has 1 heterocycles. The van der Waals surface area contributed by atoms with Crippen LogP contribution in [0.25, 0.3) is 0 Å². The van der Waals surface area contributed by atoms with Crippen molar-refractivity contribution in [3.63, 3.8) is 0 Å². The Hall–Kier alpha value is -2.28. The molecule has 1 N–H and O–H groups in total. The lowest BCUT2D eigenvalue weighted by Crippen LogP contribution is -2.13. The predicted molar refractivity (Wildman–Crippen MR) is 78.7 cm³/mol. The summed E-state index contributed by atoms with van der Waals surface area (Å²) in [4.78, 5) is 11.5. The normalized spacial score (nSPS) is 11.2. The highest BCUT2D eigenvalue weighted by atomic mass is 32.2. The topological polar surface area (TPSA) is 77.4 Å². The average Bonchev–Trinajstić information content (AvgIpc) is 2.83. The van der Waals surface area contributed by atoms with Crippen molar-refractivity contribution in [1.29, 1.82) is 0 Å². The Morgan fingerprint density at radius 2 is 1.95 bits per heavy atom. The summed E-state index contributed by atoms with van der Waals surface area (Å²) in [5.41, 5.74) is 1.48. The summed E-state index contributed by atoms with van der Waals surface area (Å²) in [5, 5.41) is 0. The molecule has 112 valence electrons. The quantitative estimate of drug-likeness (QED) is 0.875. The monoisotopic (exact) mass is 308 g/mol. The maximum Gasteiger partial charge on any atom is 0.354 e. The number of aromatic nitrogens is 1. The van der Waals surface area contributed by atoms with Gasteiger partial charge in [0.05, 0.1) is 12.8 Å². The lowest BCUT2D eigenvalue weighted by Gasteiger charge is -2.08. The summed E-state index contributed by atoms with van der Waals surface area (Å²) < 4.78 is 33.2. The maximum absolute atomic E-state index is 12.4. The Bertz CT molecular complexity index is 778. The second-order valence-electron chi connectivity index (χ2n) is 4.58. The van der Waals surface area contributed by atoms with Crippen molar-refractivity contribution in [3.8, 4) is 0 Å². The van der Waals surface area contributed by atoms with Crippen molar-refractivity contribution in [2.45, 2.75) is 11.8 Å². The van der Waals surface area contributed by atoms with Gasteiger partial charge in [0, 0.05) is 13.2 Å². The van der Waals surface area contributed by atoms with E-state index < -0.39 is 16.0 Å². The Kier molecular flexibility index (Phi) is 4.04. The van der Waals surface area contributed by atoms with Crippen LogP contribution in [0.15, 0.2) is 41.4 Å². The van der Waals surface area contributed by atoms with Gasteiger partial charge in [0.15, 0.2) is 0 Å². The van der Waals surface area contributed by atoms with E-state index in [0.717, 1.165) is 5.56 Å². The molecule has 21 heavy (non-hydrogen) atoms. The molecule has 0 amide bonds. The zero-order chi connectivity index (χ0) is 15.6. The second-order valence-corrected chi connectivity index (χ2v) is 6.27. The van der Waals surface area contributed by atoms with E-state index in [2.05, 4.69) is 9.46 Å². The first kappa shape index (κ1) is 15.1. The Balaban J connectivity index is 2.37. The summed E-state index contributed by atoms with van der Waals surface area (Å²) in [6.07, 6.45) is 1.37. The lowest BCUT2D eigenvalue weighted by molar-refractivity contribution is 0.0590. The minimum atomic E-state index is -3.76. The van der Waals surface area contributed by atoms with E-state index in [0.29, 0.717) is 5.69 Å². The van der Waals surface area contributed by atoms with Gasteiger partial charge in [-0.05, 0) is 24.6 Å². The summed E-state index contributed by atoms with van der Waals surface area (Å²) in [7, 11) is -0.930. The van der Waals surface area contributed by atoms with Crippen LogP contribution in [0.1, 0.15) is 16.1 Å². The number of methoxy groups -OCH3 is 1. The van der Waals surface area contributed by atoms with Gasteiger partial charge in [0.2, 0.25) is 0 Å². The van der Waals surface area contributed by atoms with Crippen LogP contribution in [0.4, 0.5) is 5.69 Å². The summed E-state index contributed by atoms with van der Waals surface area (Å²) in [6, 6.07) is 8.34. The van der Waals surface area contributed by atoms with Gasteiger partial charge in [-0.2, -0.15) is 0 Å². The Morgan fingerprint density at radius 3 is 2.57 bits per heavy atom. The molecule has 0 saturated carbocycles. The van der Waals surface area contributed by atoms with Crippen LogP contribution in [0, 0.1) is 6.92 Å². The van der Waals surface area contributed by atoms with E-state index in [1.807, 2.05) is 19.1 Å².